The summed E-state index contributed by atoms with van der Waals surface area (Å²) in [6.45, 7) is 7.23. The number of benzene rings is 1. The molecular weight excluding hydrogens is 486 g/mol. The molecule has 0 fully saturated rings. The number of halogens is 1. The van der Waals surface area contributed by atoms with E-state index >= 15 is 0 Å². The van der Waals surface area contributed by atoms with Gasteiger partial charge in [-0.25, -0.2) is 23.2 Å². The monoisotopic (exact) mass is 507 g/mol. The quantitative estimate of drug-likeness (QED) is 0.369. The maximum absolute atomic E-state index is 13.0. The predicted octanol–water partition coefficient (Wildman–Crippen LogP) is 4.52. The number of hydrogen-bond donors (Lipinski definition) is 1. The summed E-state index contributed by atoms with van der Waals surface area (Å²) in [6.07, 6.45) is 1.07. The van der Waals surface area contributed by atoms with E-state index in [1.54, 1.807) is 39.0 Å². The summed E-state index contributed by atoms with van der Waals surface area (Å²) in [7, 11) is -3.95. The fourth-order valence-corrected chi connectivity index (χ4v) is 5.55. The van der Waals surface area contributed by atoms with E-state index in [-0.39, 0.29) is 33.6 Å². The van der Waals surface area contributed by atoms with Crippen LogP contribution in [-0.2, 0) is 20.3 Å². The van der Waals surface area contributed by atoms with Crippen LogP contribution in [0.25, 0.3) is 0 Å². The third-order valence-corrected chi connectivity index (χ3v) is 7.76. The van der Waals surface area contributed by atoms with Crippen molar-refractivity contribution in [3.63, 3.8) is 0 Å². The van der Waals surface area contributed by atoms with Crippen LogP contribution in [0.15, 0.2) is 35.6 Å². The van der Waals surface area contributed by atoms with Gasteiger partial charge in [-0.05, 0) is 44.4 Å². The Balaban J connectivity index is 1.93. The van der Waals surface area contributed by atoms with Gasteiger partial charge in [-0.15, -0.1) is 11.3 Å². The number of rotatable bonds is 7. The van der Waals surface area contributed by atoms with Gasteiger partial charge in [0.15, 0.2) is 5.69 Å². The maximum atomic E-state index is 13.0. The molecule has 1 aromatic carbocycles. The highest BCUT2D eigenvalue weighted by Gasteiger charge is 2.26. The topological polar surface area (TPSA) is 115 Å². The van der Waals surface area contributed by atoms with Gasteiger partial charge >= 0.3 is 5.97 Å². The third kappa shape index (κ3) is 5.40. The smallest absolute Gasteiger partial charge is 0.341 e. The predicted molar refractivity (Wildman–Crippen MR) is 127 cm³/mol. The molecule has 0 spiro atoms. The van der Waals surface area contributed by atoms with Crippen LogP contribution >= 0.6 is 22.9 Å². The van der Waals surface area contributed by atoms with Gasteiger partial charge < -0.3 is 10.1 Å². The first-order valence-electron chi connectivity index (χ1n) is 9.93. The number of nitrogens with one attached hydrogen (secondary N) is 1. The highest BCUT2D eigenvalue weighted by Crippen LogP contribution is 2.33. The van der Waals surface area contributed by atoms with Crippen LogP contribution in [0.1, 0.15) is 49.3 Å². The Kier molecular flexibility index (Phi) is 7.51. The van der Waals surface area contributed by atoms with E-state index in [0.717, 1.165) is 16.6 Å². The van der Waals surface area contributed by atoms with Crippen LogP contribution in [0.3, 0.4) is 0 Å². The van der Waals surface area contributed by atoms with Crippen LogP contribution in [0.4, 0.5) is 5.00 Å². The minimum absolute atomic E-state index is 0.120. The van der Waals surface area contributed by atoms with Crippen LogP contribution < -0.4 is 5.32 Å². The highest BCUT2D eigenvalue weighted by atomic mass is 35.5. The second-order valence-electron chi connectivity index (χ2n) is 7.20. The van der Waals surface area contributed by atoms with Crippen molar-refractivity contribution < 1.29 is 22.7 Å². The first-order chi connectivity index (χ1) is 15.5. The number of nitrogens with zero attached hydrogens (tertiary/aromatic N) is 2. The van der Waals surface area contributed by atoms with Gasteiger partial charge in [-0.1, -0.05) is 35.9 Å². The number of carbonyl (C=O) groups is 2. The zero-order valence-corrected chi connectivity index (χ0v) is 20.8. The first-order valence-corrected chi connectivity index (χ1v) is 12.8. The van der Waals surface area contributed by atoms with E-state index in [1.165, 1.54) is 11.3 Å². The van der Waals surface area contributed by atoms with Gasteiger partial charge in [-0.3, -0.25) is 4.79 Å². The van der Waals surface area contributed by atoms with Gasteiger partial charge in [0.25, 0.3) is 5.91 Å². The Morgan fingerprint density at radius 1 is 1.18 bits per heavy atom. The number of anilines is 1. The van der Waals surface area contributed by atoms with Gasteiger partial charge in [0.2, 0.25) is 15.0 Å². The summed E-state index contributed by atoms with van der Waals surface area (Å²) in [4.78, 5) is 33.9. The lowest BCUT2D eigenvalue weighted by molar-refractivity contribution is 0.0527. The number of carbonyl (C=O) groups excluding carboxylic acids is 2. The Morgan fingerprint density at radius 2 is 1.88 bits per heavy atom. The van der Waals surface area contributed by atoms with Gasteiger partial charge in [0.05, 0.1) is 29.1 Å². The lowest BCUT2D eigenvalue weighted by atomic mass is 10.1. The number of hydrogen-bond acceptors (Lipinski definition) is 8. The number of aromatic nitrogens is 2. The minimum atomic E-state index is -3.95. The van der Waals surface area contributed by atoms with Crippen LogP contribution in [0, 0.1) is 20.8 Å². The van der Waals surface area contributed by atoms with E-state index in [0.29, 0.717) is 11.1 Å². The lowest BCUT2D eigenvalue weighted by Crippen LogP contribution is -2.19. The highest BCUT2D eigenvalue weighted by molar-refractivity contribution is 7.90. The molecule has 0 aliphatic rings. The molecule has 33 heavy (non-hydrogen) atoms. The van der Waals surface area contributed by atoms with Crippen molar-refractivity contribution in [2.24, 2.45) is 0 Å². The van der Waals surface area contributed by atoms with Crippen molar-refractivity contribution in [2.75, 3.05) is 11.9 Å². The summed E-state index contributed by atoms with van der Waals surface area (Å²) in [5.74, 6) is -1.65. The molecule has 0 saturated carbocycles. The molecule has 8 nitrogen and oxygen atoms in total. The number of esters is 1. The van der Waals surface area contributed by atoms with E-state index < -0.39 is 26.9 Å². The molecule has 11 heteroatoms. The molecule has 3 rings (SSSR count). The molecule has 1 amide bonds. The molecule has 2 aromatic heterocycles. The van der Waals surface area contributed by atoms with Gasteiger partial charge in [-0.2, -0.15) is 0 Å². The standard InChI is InChI=1S/C22H22ClN3O5S2/c1-5-31-21(28)17-13(3)14(4)32-20(17)26-19(27)18-16(23)10-24-22(25-18)33(29,30)11-15-9-7-6-8-12(15)2/h6-10H,5,11H2,1-4H3,(H,26,27). The summed E-state index contributed by atoms with van der Waals surface area (Å²) in [5.41, 5.74) is 2.02. The van der Waals surface area contributed by atoms with Crippen LogP contribution in [-0.4, -0.2) is 36.9 Å². The second kappa shape index (κ2) is 9.98. The van der Waals surface area contributed by atoms with Crippen LogP contribution in [0.5, 0.6) is 0 Å². The van der Waals surface area contributed by atoms with Crippen molar-refractivity contribution >= 4 is 49.7 Å². The van der Waals surface area contributed by atoms with Crippen molar-refractivity contribution in [2.45, 2.75) is 38.6 Å². The molecule has 0 bridgehead atoms. The molecule has 0 unspecified atom stereocenters. The van der Waals surface area contributed by atoms with Crippen molar-refractivity contribution in [3.05, 3.63) is 68.3 Å². The van der Waals surface area contributed by atoms with Gasteiger partial charge in [0, 0.05) is 4.88 Å². The molecule has 0 aliphatic carbocycles. The zero-order valence-electron chi connectivity index (χ0n) is 18.4. The Labute approximate surface area is 200 Å². The summed E-state index contributed by atoms with van der Waals surface area (Å²) < 4.78 is 30.9. The molecule has 3 aromatic rings. The molecule has 0 aliphatic heterocycles. The number of sulfone groups is 1. The molecular formula is C22H22ClN3O5S2. The fourth-order valence-electron chi connectivity index (χ4n) is 3.03. The SMILES string of the molecule is CCOC(=O)c1c(NC(=O)c2nc(S(=O)(=O)Cc3ccccc3C)ncc2Cl)sc(C)c1C. The average molecular weight is 508 g/mol. The Hall–Kier alpha value is -2.82. The Morgan fingerprint density at radius 3 is 2.55 bits per heavy atom. The van der Waals surface area contributed by atoms with Crippen molar-refractivity contribution in [3.8, 4) is 0 Å². The van der Waals surface area contributed by atoms with E-state index in [1.807, 2.05) is 13.0 Å². The zero-order chi connectivity index (χ0) is 24.3. The third-order valence-electron chi connectivity index (χ3n) is 4.91. The van der Waals surface area contributed by atoms with Crippen LogP contribution in [0.2, 0.25) is 5.02 Å². The average Bonchev–Trinajstić information content (AvgIpc) is 3.03. The number of ether oxygens (including phenoxy) is 1. The Bertz CT molecular complexity index is 1340. The summed E-state index contributed by atoms with van der Waals surface area (Å²) >= 11 is 7.31. The fraction of sp³-hybridized carbons (Fsp3) is 0.273. The molecule has 1 N–H and O–H groups in total. The largest absolute Gasteiger partial charge is 0.462 e. The summed E-state index contributed by atoms with van der Waals surface area (Å²) in [6, 6.07) is 7.06. The molecule has 0 radical (unpaired) electrons. The molecule has 0 atom stereocenters. The van der Waals surface area contributed by atoms with Gasteiger partial charge in [0.1, 0.15) is 5.00 Å². The number of aryl methyl sites for hydroxylation is 2. The van der Waals surface area contributed by atoms with E-state index in [9.17, 15) is 18.0 Å². The first kappa shape index (κ1) is 24.8. The number of thiophene rings is 1. The lowest BCUT2D eigenvalue weighted by Gasteiger charge is -2.10. The van der Waals surface area contributed by atoms with Crippen molar-refractivity contribution in [1.29, 1.82) is 0 Å². The molecule has 2 heterocycles. The normalized spacial score (nSPS) is 11.3. The van der Waals surface area contributed by atoms with Crippen molar-refractivity contribution in [1.82, 2.24) is 9.97 Å². The maximum Gasteiger partial charge on any atom is 0.341 e. The van der Waals surface area contributed by atoms with E-state index in [2.05, 4.69) is 15.3 Å². The second-order valence-corrected chi connectivity index (χ2v) is 10.7. The molecule has 0 saturated heterocycles. The molecule has 174 valence electrons. The van der Waals surface area contributed by atoms with E-state index in [4.69, 9.17) is 16.3 Å². The minimum Gasteiger partial charge on any atom is -0.462 e. The number of amides is 1. The summed E-state index contributed by atoms with van der Waals surface area (Å²) in [5, 5.41) is 2.26.